The number of phenols is 1. The van der Waals surface area contributed by atoms with Gasteiger partial charge in [-0.05, 0) is 24.1 Å². The van der Waals surface area contributed by atoms with Crippen molar-refractivity contribution in [2.24, 2.45) is 0 Å². The summed E-state index contributed by atoms with van der Waals surface area (Å²) >= 11 is 0. The average molecular weight is 487 g/mol. The Labute approximate surface area is 243 Å². The van der Waals surface area contributed by atoms with Crippen LogP contribution >= 0.6 is 0 Å². The van der Waals surface area contributed by atoms with Crippen LogP contribution in [0.2, 0.25) is 0 Å². The average Bonchev–Trinajstić information content (AvgIpc) is 2.77. The largest absolute Gasteiger partial charge is 0.508 e. The fraction of sp³-hybridized carbons (Fsp3) is 0.704. The van der Waals surface area contributed by atoms with Gasteiger partial charge in [0.05, 0.1) is 0 Å². The number of amides is 1. The number of hydrogen-bond donors (Lipinski definition) is 3. The standard InChI is InChI=1S/C27H45NO4.K/c1-2-3-4-5-6-7-8-9-10-11-12-13-14-15-16-17-26(30)28-25(27(31)32)22-23-18-20-24(29)21-19-23;/h18-21,25,29H,2-17,22H2,1H3,(H,28,30)(H,31,32);/t25-;/m0./s1. The zero-order valence-electron chi connectivity index (χ0n) is 21.1. The second-order valence-corrected chi connectivity index (χ2v) is 9.03. The van der Waals surface area contributed by atoms with Gasteiger partial charge < -0.3 is 15.5 Å². The first-order valence-corrected chi connectivity index (χ1v) is 12.8. The van der Waals surface area contributed by atoms with E-state index < -0.39 is 12.0 Å². The van der Waals surface area contributed by atoms with Gasteiger partial charge in [0.15, 0.2) is 0 Å². The molecule has 33 heavy (non-hydrogen) atoms. The van der Waals surface area contributed by atoms with Crippen LogP contribution < -0.4 is 5.32 Å². The molecule has 0 aromatic heterocycles. The fourth-order valence-electron chi connectivity index (χ4n) is 3.99. The van der Waals surface area contributed by atoms with Crippen LogP contribution in [0, 0.1) is 0 Å². The van der Waals surface area contributed by atoms with E-state index in [1.165, 1.54) is 89.2 Å². The Kier molecular flexibility index (Phi) is 21.8. The van der Waals surface area contributed by atoms with Crippen molar-refractivity contribution in [1.29, 1.82) is 0 Å². The summed E-state index contributed by atoms with van der Waals surface area (Å²) in [5.74, 6) is -1.10. The number of carboxylic acid groups (broad SMARTS) is 1. The number of aliphatic carboxylic acids is 1. The SMILES string of the molecule is CCCCCCCCCCCCCCCCCC(=O)N[C@@H](Cc1ccc(O)cc1)C(=O)O.[K]. The maximum Gasteiger partial charge on any atom is 0.326 e. The van der Waals surface area contributed by atoms with Crippen LogP contribution in [0.3, 0.4) is 0 Å². The Morgan fingerprint density at radius 1 is 0.758 bits per heavy atom. The van der Waals surface area contributed by atoms with Crippen LogP contribution in [0.1, 0.15) is 115 Å². The van der Waals surface area contributed by atoms with Crippen LogP contribution in [0.15, 0.2) is 24.3 Å². The first-order chi connectivity index (χ1) is 15.5. The molecule has 0 aliphatic heterocycles. The van der Waals surface area contributed by atoms with Gasteiger partial charge in [0.1, 0.15) is 11.8 Å². The minimum absolute atomic E-state index is 0. The van der Waals surface area contributed by atoms with Gasteiger partial charge in [-0.3, -0.25) is 4.79 Å². The number of carbonyl (C=O) groups excluding carboxylic acids is 1. The summed E-state index contributed by atoms with van der Waals surface area (Å²) in [7, 11) is 0. The summed E-state index contributed by atoms with van der Waals surface area (Å²) in [5.41, 5.74) is 0.766. The molecule has 1 aromatic carbocycles. The van der Waals surface area contributed by atoms with Crippen molar-refractivity contribution in [3.05, 3.63) is 29.8 Å². The first kappa shape index (κ1) is 32.6. The molecule has 1 atom stereocenters. The zero-order chi connectivity index (χ0) is 23.4. The maximum atomic E-state index is 12.1. The third-order valence-corrected chi connectivity index (χ3v) is 6.02. The minimum atomic E-state index is -1.04. The summed E-state index contributed by atoms with van der Waals surface area (Å²) in [6, 6.07) is 5.44. The van der Waals surface area contributed by atoms with Gasteiger partial charge in [-0.2, -0.15) is 0 Å². The Morgan fingerprint density at radius 2 is 1.18 bits per heavy atom. The molecule has 0 aliphatic rings. The first-order valence-electron chi connectivity index (χ1n) is 12.8. The van der Waals surface area contributed by atoms with Crippen LogP contribution in [-0.4, -0.2) is 79.5 Å². The number of carboxylic acids is 1. The van der Waals surface area contributed by atoms with E-state index in [2.05, 4.69) is 12.2 Å². The molecule has 3 N–H and O–H groups in total. The summed E-state index contributed by atoms with van der Waals surface area (Å²) in [6.07, 6.45) is 19.7. The molecule has 0 saturated heterocycles. The third kappa shape index (κ3) is 18.6. The van der Waals surface area contributed by atoms with E-state index in [0.717, 1.165) is 24.8 Å². The molecule has 0 spiro atoms. The molecule has 0 saturated carbocycles. The molecule has 0 unspecified atom stereocenters. The Morgan fingerprint density at radius 3 is 1.61 bits per heavy atom. The fourth-order valence-corrected chi connectivity index (χ4v) is 3.99. The molecule has 1 radical (unpaired) electrons. The smallest absolute Gasteiger partial charge is 0.326 e. The number of benzene rings is 1. The Balaban J connectivity index is 0.0000102. The summed E-state index contributed by atoms with van der Waals surface area (Å²) in [5, 5.41) is 21.3. The monoisotopic (exact) mass is 486 g/mol. The molecule has 0 fully saturated rings. The van der Waals surface area contributed by atoms with Crippen molar-refractivity contribution in [3.63, 3.8) is 0 Å². The van der Waals surface area contributed by atoms with Crippen molar-refractivity contribution in [2.75, 3.05) is 0 Å². The van der Waals surface area contributed by atoms with E-state index in [-0.39, 0.29) is 69.5 Å². The molecule has 1 aromatic rings. The quantitative estimate of drug-likeness (QED) is 0.147. The second-order valence-electron chi connectivity index (χ2n) is 9.03. The van der Waals surface area contributed by atoms with Gasteiger partial charge in [-0.25, -0.2) is 4.79 Å². The van der Waals surface area contributed by atoms with E-state index in [0.29, 0.717) is 6.42 Å². The van der Waals surface area contributed by atoms with E-state index in [4.69, 9.17) is 0 Å². The van der Waals surface area contributed by atoms with E-state index >= 15 is 0 Å². The van der Waals surface area contributed by atoms with E-state index in [9.17, 15) is 19.8 Å². The van der Waals surface area contributed by atoms with Gasteiger partial charge in [0, 0.05) is 64.2 Å². The third-order valence-electron chi connectivity index (χ3n) is 6.02. The zero-order valence-corrected chi connectivity index (χ0v) is 24.2. The van der Waals surface area contributed by atoms with Crippen LogP contribution in [0.4, 0.5) is 0 Å². The minimum Gasteiger partial charge on any atom is -0.508 e. The molecule has 0 heterocycles. The van der Waals surface area contributed by atoms with Crippen molar-refractivity contribution in [3.8, 4) is 5.75 Å². The van der Waals surface area contributed by atoms with Gasteiger partial charge >= 0.3 is 5.97 Å². The van der Waals surface area contributed by atoms with Crippen molar-refractivity contribution >= 4 is 63.3 Å². The molecular weight excluding hydrogens is 441 g/mol. The van der Waals surface area contributed by atoms with Gasteiger partial charge in [0.2, 0.25) is 5.91 Å². The molecule has 1 amide bonds. The molecule has 0 bridgehead atoms. The Hall–Kier alpha value is -0.404. The molecule has 183 valence electrons. The summed E-state index contributed by atoms with van der Waals surface area (Å²) in [6.45, 7) is 2.26. The number of nitrogens with one attached hydrogen (secondary N) is 1. The second kappa shape index (κ2) is 22.1. The van der Waals surface area contributed by atoms with Crippen LogP contribution in [0.25, 0.3) is 0 Å². The number of unbranched alkanes of at least 4 members (excludes halogenated alkanes) is 14. The van der Waals surface area contributed by atoms with Crippen molar-refractivity contribution < 1.29 is 19.8 Å². The van der Waals surface area contributed by atoms with Gasteiger partial charge in [0.25, 0.3) is 0 Å². The molecule has 0 aliphatic carbocycles. The van der Waals surface area contributed by atoms with Crippen molar-refractivity contribution in [2.45, 2.75) is 122 Å². The topological polar surface area (TPSA) is 86.6 Å². The number of carbonyl (C=O) groups is 2. The Bertz CT molecular complexity index is 621. The van der Waals surface area contributed by atoms with Crippen LogP contribution in [-0.2, 0) is 16.0 Å². The van der Waals surface area contributed by atoms with Gasteiger partial charge in [-0.1, -0.05) is 109 Å². The molecule has 1 rings (SSSR count). The normalized spacial score (nSPS) is 11.5. The summed E-state index contributed by atoms with van der Waals surface area (Å²) in [4.78, 5) is 23.6. The predicted molar refractivity (Wildman–Crippen MR) is 137 cm³/mol. The number of aromatic hydroxyl groups is 1. The predicted octanol–water partition coefficient (Wildman–Crippen LogP) is 6.38. The van der Waals surface area contributed by atoms with Crippen LogP contribution in [0.5, 0.6) is 5.75 Å². The summed E-state index contributed by atoms with van der Waals surface area (Å²) < 4.78 is 0. The van der Waals surface area contributed by atoms with E-state index in [1.54, 1.807) is 12.1 Å². The molecular formula is C27H45KNO4. The number of hydrogen-bond acceptors (Lipinski definition) is 3. The maximum absolute atomic E-state index is 12.1. The number of rotatable bonds is 20. The number of phenolic OH excluding ortho intramolecular Hbond substituents is 1. The van der Waals surface area contributed by atoms with Gasteiger partial charge in [-0.15, -0.1) is 0 Å². The van der Waals surface area contributed by atoms with E-state index in [1.807, 2.05) is 0 Å². The van der Waals surface area contributed by atoms with Crippen molar-refractivity contribution in [1.82, 2.24) is 5.32 Å². The molecule has 6 heteroatoms. The molecule has 5 nitrogen and oxygen atoms in total.